The maximum absolute atomic E-state index is 9.23. The molecule has 0 aromatic rings. The topological polar surface area (TPSA) is 35.5 Å². The first-order chi connectivity index (χ1) is 9.24. The Bertz CT molecular complexity index is 223. The molecule has 0 heterocycles. The maximum Gasteiger partial charge on any atom is 0.0558 e. The van der Waals surface area contributed by atoms with E-state index in [9.17, 15) is 5.11 Å². The summed E-state index contributed by atoms with van der Waals surface area (Å²) in [6.45, 7) is 7.98. The van der Waals surface area contributed by atoms with Crippen molar-refractivity contribution >= 4 is 0 Å². The average Bonchev–Trinajstić information content (AvgIpc) is 2.44. The Morgan fingerprint density at radius 2 is 2.00 bits per heavy atom. The van der Waals surface area contributed by atoms with E-state index in [0.29, 0.717) is 6.04 Å². The molecule has 0 radical (unpaired) electrons. The minimum atomic E-state index is 0.290. The van der Waals surface area contributed by atoms with Crippen molar-refractivity contribution in [1.82, 2.24) is 10.2 Å². The number of hydrogen-bond donors (Lipinski definition) is 2. The molecule has 0 aromatic heterocycles. The van der Waals surface area contributed by atoms with Gasteiger partial charge < -0.3 is 15.3 Å². The van der Waals surface area contributed by atoms with Gasteiger partial charge in [-0.15, -0.1) is 0 Å². The number of aliphatic hydroxyl groups is 1. The Morgan fingerprint density at radius 3 is 2.58 bits per heavy atom. The zero-order valence-corrected chi connectivity index (χ0v) is 13.2. The molecule has 3 nitrogen and oxygen atoms in total. The van der Waals surface area contributed by atoms with Crippen LogP contribution in [-0.2, 0) is 0 Å². The summed E-state index contributed by atoms with van der Waals surface area (Å²) in [5.41, 5.74) is 0. The Kier molecular flexibility index (Phi) is 8.67. The van der Waals surface area contributed by atoms with Gasteiger partial charge in [-0.25, -0.2) is 0 Å². The van der Waals surface area contributed by atoms with Gasteiger partial charge in [-0.3, -0.25) is 0 Å². The number of hydrogen-bond acceptors (Lipinski definition) is 3. The molecule has 0 saturated heterocycles. The summed E-state index contributed by atoms with van der Waals surface area (Å²) in [5, 5.41) is 12.7. The molecule has 2 N–H and O–H groups in total. The van der Waals surface area contributed by atoms with Crippen LogP contribution >= 0.6 is 0 Å². The molecule has 114 valence electrons. The first kappa shape index (κ1) is 16.9. The number of unbranched alkanes of at least 4 members (excludes halogenated alkanes) is 1. The largest absolute Gasteiger partial charge is 0.395 e. The van der Waals surface area contributed by atoms with Gasteiger partial charge in [0.25, 0.3) is 0 Å². The molecule has 1 fully saturated rings. The van der Waals surface area contributed by atoms with Crippen LogP contribution in [0.5, 0.6) is 0 Å². The summed E-state index contributed by atoms with van der Waals surface area (Å²) in [6, 6.07) is 0.672. The lowest BCUT2D eigenvalue weighted by Gasteiger charge is -2.38. The van der Waals surface area contributed by atoms with Crippen LogP contribution in [0.2, 0.25) is 0 Å². The van der Waals surface area contributed by atoms with Crippen molar-refractivity contribution in [2.45, 2.75) is 58.4 Å². The van der Waals surface area contributed by atoms with Crippen molar-refractivity contribution in [2.24, 2.45) is 11.8 Å². The summed E-state index contributed by atoms with van der Waals surface area (Å²) in [6.07, 6.45) is 7.86. The molecule has 0 aliphatic heterocycles. The van der Waals surface area contributed by atoms with E-state index in [0.717, 1.165) is 31.5 Å². The Morgan fingerprint density at radius 1 is 1.21 bits per heavy atom. The van der Waals surface area contributed by atoms with E-state index in [1.807, 2.05) is 0 Å². The molecular weight excluding hydrogens is 236 g/mol. The Balaban J connectivity index is 2.51. The second kappa shape index (κ2) is 9.73. The highest BCUT2D eigenvalue weighted by molar-refractivity contribution is 4.85. The van der Waals surface area contributed by atoms with Crippen LogP contribution in [0.25, 0.3) is 0 Å². The van der Waals surface area contributed by atoms with Gasteiger partial charge in [0.1, 0.15) is 0 Å². The Labute approximate surface area is 119 Å². The van der Waals surface area contributed by atoms with Crippen LogP contribution in [0.4, 0.5) is 0 Å². The third-order valence-electron chi connectivity index (χ3n) is 4.78. The fraction of sp³-hybridized carbons (Fsp3) is 1.00. The molecule has 3 atom stereocenters. The maximum atomic E-state index is 9.23. The smallest absolute Gasteiger partial charge is 0.0558 e. The van der Waals surface area contributed by atoms with Crippen molar-refractivity contribution < 1.29 is 5.11 Å². The van der Waals surface area contributed by atoms with E-state index < -0.39 is 0 Å². The number of rotatable bonds is 9. The van der Waals surface area contributed by atoms with Gasteiger partial charge in [-0.1, -0.05) is 26.7 Å². The molecule has 3 unspecified atom stereocenters. The standard InChI is InChI=1S/C16H34N2O/c1-4-6-9-18(10-11-19)13-15-12-14(5-2)7-8-16(15)17-3/h14-17,19H,4-13H2,1-3H3. The van der Waals surface area contributed by atoms with E-state index in [1.165, 1.54) is 38.5 Å². The average molecular weight is 270 g/mol. The zero-order chi connectivity index (χ0) is 14.1. The van der Waals surface area contributed by atoms with Crippen molar-refractivity contribution in [1.29, 1.82) is 0 Å². The SMILES string of the molecule is CCCCN(CCO)CC1CC(CC)CCC1NC. The molecule has 1 aliphatic rings. The lowest BCUT2D eigenvalue weighted by molar-refractivity contribution is 0.122. The van der Waals surface area contributed by atoms with Gasteiger partial charge in [0.15, 0.2) is 0 Å². The third-order valence-corrected chi connectivity index (χ3v) is 4.78. The normalized spacial score (nSPS) is 27.9. The molecule has 1 saturated carbocycles. The first-order valence-corrected chi connectivity index (χ1v) is 8.25. The molecule has 1 rings (SSSR count). The Hall–Kier alpha value is -0.120. The lowest BCUT2D eigenvalue weighted by atomic mass is 9.76. The fourth-order valence-electron chi connectivity index (χ4n) is 3.46. The third kappa shape index (κ3) is 5.80. The van der Waals surface area contributed by atoms with Gasteiger partial charge >= 0.3 is 0 Å². The summed E-state index contributed by atoms with van der Waals surface area (Å²) in [7, 11) is 2.10. The number of nitrogens with one attached hydrogen (secondary N) is 1. The summed E-state index contributed by atoms with van der Waals surface area (Å²) in [4.78, 5) is 2.47. The number of aliphatic hydroxyl groups excluding tert-OH is 1. The molecule has 0 spiro atoms. The predicted molar refractivity (Wildman–Crippen MR) is 82.4 cm³/mol. The van der Waals surface area contributed by atoms with Crippen LogP contribution in [0.1, 0.15) is 52.4 Å². The van der Waals surface area contributed by atoms with Crippen molar-refractivity contribution in [3.05, 3.63) is 0 Å². The zero-order valence-electron chi connectivity index (χ0n) is 13.2. The van der Waals surface area contributed by atoms with Crippen LogP contribution in [-0.4, -0.2) is 49.3 Å². The van der Waals surface area contributed by atoms with Gasteiger partial charge in [0.05, 0.1) is 6.61 Å². The molecular formula is C16H34N2O. The summed E-state index contributed by atoms with van der Waals surface area (Å²) < 4.78 is 0. The minimum Gasteiger partial charge on any atom is -0.395 e. The first-order valence-electron chi connectivity index (χ1n) is 8.25. The fourth-order valence-corrected chi connectivity index (χ4v) is 3.46. The van der Waals surface area contributed by atoms with E-state index in [-0.39, 0.29) is 6.61 Å². The van der Waals surface area contributed by atoms with Crippen LogP contribution in [0, 0.1) is 11.8 Å². The molecule has 1 aliphatic carbocycles. The van der Waals surface area contributed by atoms with Crippen molar-refractivity contribution in [3.8, 4) is 0 Å². The highest BCUT2D eigenvalue weighted by Crippen LogP contribution is 2.31. The molecule has 0 aromatic carbocycles. The van der Waals surface area contributed by atoms with Gasteiger partial charge in [-0.2, -0.15) is 0 Å². The molecule has 19 heavy (non-hydrogen) atoms. The van der Waals surface area contributed by atoms with E-state index >= 15 is 0 Å². The predicted octanol–water partition coefficient (Wildman–Crippen LogP) is 2.50. The second-order valence-corrected chi connectivity index (χ2v) is 6.12. The second-order valence-electron chi connectivity index (χ2n) is 6.12. The monoisotopic (exact) mass is 270 g/mol. The lowest BCUT2D eigenvalue weighted by Crippen LogP contribution is -2.45. The van der Waals surface area contributed by atoms with Crippen LogP contribution < -0.4 is 5.32 Å². The quantitative estimate of drug-likeness (QED) is 0.676. The highest BCUT2D eigenvalue weighted by atomic mass is 16.3. The van der Waals surface area contributed by atoms with E-state index in [4.69, 9.17) is 0 Å². The van der Waals surface area contributed by atoms with Gasteiger partial charge in [-0.05, 0) is 51.1 Å². The summed E-state index contributed by atoms with van der Waals surface area (Å²) in [5.74, 6) is 1.67. The minimum absolute atomic E-state index is 0.290. The molecule has 0 amide bonds. The van der Waals surface area contributed by atoms with Gasteiger partial charge in [0, 0.05) is 19.1 Å². The van der Waals surface area contributed by atoms with Gasteiger partial charge in [0.2, 0.25) is 0 Å². The van der Waals surface area contributed by atoms with E-state index in [1.54, 1.807) is 0 Å². The van der Waals surface area contributed by atoms with Crippen molar-refractivity contribution in [3.63, 3.8) is 0 Å². The van der Waals surface area contributed by atoms with Crippen LogP contribution in [0.3, 0.4) is 0 Å². The highest BCUT2D eigenvalue weighted by Gasteiger charge is 2.29. The molecule has 0 bridgehead atoms. The van der Waals surface area contributed by atoms with E-state index in [2.05, 4.69) is 31.1 Å². The molecule has 3 heteroatoms. The summed E-state index contributed by atoms with van der Waals surface area (Å²) >= 11 is 0. The van der Waals surface area contributed by atoms with Crippen molar-refractivity contribution in [2.75, 3.05) is 33.3 Å². The van der Waals surface area contributed by atoms with Crippen LogP contribution in [0.15, 0.2) is 0 Å². The number of nitrogens with zero attached hydrogens (tertiary/aromatic N) is 1.